The highest BCUT2D eigenvalue weighted by Gasteiger charge is 1.87. The van der Waals surface area contributed by atoms with Crippen molar-refractivity contribution in [3.8, 4) is 0 Å². The summed E-state index contributed by atoms with van der Waals surface area (Å²) in [5.74, 6) is 0. The van der Waals surface area contributed by atoms with Crippen LogP contribution in [-0.4, -0.2) is 12.2 Å². The van der Waals surface area contributed by atoms with E-state index in [-0.39, 0.29) is 12.2 Å². The first kappa shape index (κ1) is 12.6. The third kappa shape index (κ3) is 10.8. The third-order valence-corrected chi connectivity index (χ3v) is 1.49. The van der Waals surface area contributed by atoms with Crippen molar-refractivity contribution in [1.29, 1.82) is 0 Å². The maximum atomic E-state index is 11.5. The van der Waals surface area contributed by atoms with Gasteiger partial charge in [-0.1, -0.05) is 39.0 Å². The smallest absolute Gasteiger partial charge is 0.0894 e. The Morgan fingerprint density at radius 1 is 0.900 bits per heavy atom. The van der Waals surface area contributed by atoms with Gasteiger partial charge in [0.05, 0.1) is 6.67 Å². The quantitative estimate of drug-likeness (QED) is 0.521. The molecule has 0 unspecified atom stereocenters. The summed E-state index contributed by atoms with van der Waals surface area (Å²) in [5, 5.41) is 0. The van der Waals surface area contributed by atoms with Gasteiger partial charge in [0.2, 0.25) is 0 Å². The summed E-state index contributed by atoms with van der Waals surface area (Å²) in [5.41, 5.74) is 0. The van der Waals surface area contributed by atoms with Gasteiger partial charge in [0.25, 0.3) is 0 Å². The van der Waals surface area contributed by atoms with Crippen LogP contribution < -0.4 is 0 Å². The van der Waals surface area contributed by atoms with E-state index in [1.807, 2.05) is 0 Å². The lowest BCUT2D eigenvalue weighted by Crippen LogP contribution is -1.78. The molecule has 0 atom stereocenters. The fourth-order valence-electron chi connectivity index (χ4n) is 0.875. The standard InChI is InChI=1S/C8H17F.H2O/c1-2-3-4-5-6-7-8-9;/h2-8H2,1H3;1H2. The van der Waals surface area contributed by atoms with E-state index >= 15 is 0 Å². The Labute approximate surface area is 62.9 Å². The van der Waals surface area contributed by atoms with Crippen LogP contribution in [0.3, 0.4) is 0 Å². The molecule has 0 aromatic heterocycles. The molecule has 10 heavy (non-hydrogen) atoms. The Bertz CT molecular complexity index is 42.5. The van der Waals surface area contributed by atoms with Gasteiger partial charge in [0.15, 0.2) is 0 Å². The van der Waals surface area contributed by atoms with E-state index in [0.717, 1.165) is 12.8 Å². The highest BCUT2D eigenvalue weighted by molar-refractivity contribution is 4.41. The van der Waals surface area contributed by atoms with E-state index in [4.69, 9.17) is 0 Å². The Kier molecular flexibility index (Phi) is 14.6. The molecule has 0 saturated carbocycles. The maximum absolute atomic E-state index is 11.5. The molecule has 1 nitrogen and oxygen atoms in total. The summed E-state index contributed by atoms with van der Waals surface area (Å²) < 4.78 is 11.5. The molecule has 0 spiro atoms. The van der Waals surface area contributed by atoms with E-state index in [2.05, 4.69) is 6.92 Å². The predicted molar refractivity (Wildman–Crippen MR) is 43.0 cm³/mol. The van der Waals surface area contributed by atoms with E-state index in [1.165, 1.54) is 25.7 Å². The Balaban J connectivity index is 0. The lowest BCUT2D eigenvalue weighted by molar-refractivity contribution is 0.451. The van der Waals surface area contributed by atoms with Crippen LogP contribution in [0.4, 0.5) is 4.39 Å². The highest BCUT2D eigenvalue weighted by atomic mass is 19.1. The highest BCUT2D eigenvalue weighted by Crippen LogP contribution is 2.04. The minimum Gasteiger partial charge on any atom is -0.412 e. The first-order valence-electron chi connectivity index (χ1n) is 3.97. The van der Waals surface area contributed by atoms with Crippen LogP contribution in [0.25, 0.3) is 0 Å². The molecule has 0 amide bonds. The molecule has 0 aliphatic heterocycles. The lowest BCUT2D eigenvalue weighted by atomic mass is 10.1. The van der Waals surface area contributed by atoms with Gasteiger partial charge < -0.3 is 5.48 Å². The fraction of sp³-hybridized carbons (Fsp3) is 1.00. The third-order valence-electron chi connectivity index (χ3n) is 1.49. The van der Waals surface area contributed by atoms with Crippen molar-refractivity contribution < 1.29 is 9.87 Å². The van der Waals surface area contributed by atoms with E-state index < -0.39 is 0 Å². The number of rotatable bonds is 6. The molecule has 2 heteroatoms. The molecule has 64 valence electrons. The van der Waals surface area contributed by atoms with Crippen molar-refractivity contribution >= 4 is 0 Å². The Morgan fingerprint density at radius 3 is 1.90 bits per heavy atom. The largest absolute Gasteiger partial charge is 0.412 e. The topological polar surface area (TPSA) is 31.5 Å². The number of hydrogen-bond acceptors (Lipinski definition) is 0. The first-order valence-corrected chi connectivity index (χ1v) is 3.97. The van der Waals surface area contributed by atoms with Crippen LogP contribution in [0.5, 0.6) is 0 Å². The second kappa shape index (κ2) is 11.7. The second-order valence-corrected chi connectivity index (χ2v) is 2.46. The van der Waals surface area contributed by atoms with Crippen LogP contribution in [0.1, 0.15) is 45.4 Å². The average molecular weight is 150 g/mol. The minimum absolute atomic E-state index is 0. The number of alkyl halides is 1. The van der Waals surface area contributed by atoms with Crippen molar-refractivity contribution in [1.82, 2.24) is 0 Å². The van der Waals surface area contributed by atoms with Crippen molar-refractivity contribution in [2.24, 2.45) is 0 Å². The molecular weight excluding hydrogens is 131 g/mol. The second-order valence-electron chi connectivity index (χ2n) is 2.46. The lowest BCUT2D eigenvalue weighted by Gasteiger charge is -1.95. The van der Waals surface area contributed by atoms with Gasteiger partial charge in [-0.3, -0.25) is 4.39 Å². The van der Waals surface area contributed by atoms with Gasteiger partial charge in [-0.2, -0.15) is 0 Å². The summed E-state index contributed by atoms with van der Waals surface area (Å²) in [4.78, 5) is 0. The number of unbranched alkanes of at least 4 members (excludes halogenated alkanes) is 5. The molecule has 0 aliphatic rings. The average Bonchev–Trinajstić information content (AvgIpc) is 1.89. The molecule has 0 aromatic carbocycles. The normalized spacial score (nSPS) is 9.00. The monoisotopic (exact) mass is 150 g/mol. The van der Waals surface area contributed by atoms with Gasteiger partial charge in [0, 0.05) is 0 Å². The van der Waals surface area contributed by atoms with Crippen molar-refractivity contribution in [3.63, 3.8) is 0 Å². The maximum Gasteiger partial charge on any atom is 0.0894 e. The summed E-state index contributed by atoms with van der Waals surface area (Å²) in [6.45, 7) is 2.06. The summed E-state index contributed by atoms with van der Waals surface area (Å²) in [7, 11) is 0. The predicted octanol–water partition coefficient (Wildman–Crippen LogP) is 2.49. The van der Waals surface area contributed by atoms with Crippen molar-refractivity contribution in [2.45, 2.75) is 45.4 Å². The summed E-state index contributed by atoms with van der Waals surface area (Å²) >= 11 is 0. The van der Waals surface area contributed by atoms with E-state index in [1.54, 1.807) is 0 Å². The minimum atomic E-state index is -0.133. The zero-order chi connectivity index (χ0) is 6.95. The van der Waals surface area contributed by atoms with Crippen LogP contribution >= 0.6 is 0 Å². The van der Waals surface area contributed by atoms with Gasteiger partial charge >= 0.3 is 0 Å². The van der Waals surface area contributed by atoms with Crippen LogP contribution in [0.2, 0.25) is 0 Å². The van der Waals surface area contributed by atoms with E-state index in [9.17, 15) is 4.39 Å². The van der Waals surface area contributed by atoms with Gasteiger partial charge in [-0.05, 0) is 6.42 Å². The molecule has 0 aromatic rings. The van der Waals surface area contributed by atoms with Crippen molar-refractivity contribution in [3.05, 3.63) is 0 Å². The van der Waals surface area contributed by atoms with E-state index in [0.29, 0.717) is 0 Å². The first-order chi connectivity index (χ1) is 4.41. The zero-order valence-electron chi connectivity index (χ0n) is 6.83. The molecular formula is C8H19FO. The van der Waals surface area contributed by atoms with Crippen molar-refractivity contribution in [2.75, 3.05) is 6.67 Å². The fourth-order valence-corrected chi connectivity index (χ4v) is 0.875. The van der Waals surface area contributed by atoms with Crippen LogP contribution in [-0.2, 0) is 0 Å². The van der Waals surface area contributed by atoms with Crippen LogP contribution in [0, 0.1) is 0 Å². The molecule has 0 rings (SSSR count). The molecule has 0 radical (unpaired) electrons. The molecule has 0 fully saturated rings. The molecule has 2 N–H and O–H groups in total. The number of halogens is 1. The molecule has 0 bridgehead atoms. The number of hydrogen-bond donors (Lipinski definition) is 0. The molecule has 0 aliphatic carbocycles. The SMILES string of the molecule is CCCCCCCCF.O. The molecule has 0 heterocycles. The summed E-state index contributed by atoms with van der Waals surface area (Å²) in [6, 6.07) is 0. The Hall–Kier alpha value is -0.110. The Morgan fingerprint density at radius 2 is 1.40 bits per heavy atom. The molecule has 0 saturated heterocycles. The van der Waals surface area contributed by atoms with Gasteiger partial charge in [-0.15, -0.1) is 0 Å². The van der Waals surface area contributed by atoms with Crippen LogP contribution in [0.15, 0.2) is 0 Å². The zero-order valence-corrected chi connectivity index (χ0v) is 6.83. The summed E-state index contributed by atoms with van der Waals surface area (Å²) in [6.07, 6.45) is 6.94. The van der Waals surface area contributed by atoms with Gasteiger partial charge in [0.1, 0.15) is 0 Å². The van der Waals surface area contributed by atoms with Gasteiger partial charge in [-0.25, -0.2) is 0 Å².